The van der Waals surface area contributed by atoms with Crippen molar-refractivity contribution in [3.05, 3.63) is 47.8 Å². The van der Waals surface area contributed by atoms with Gasteiger partial charge in [0.25, 0.3) is 0 Å². The van der Waals surface area contributed by atoms with E-state index in [9.17, 15) is 0 Å². The summed E-state index contributed by atoms with van der Waals surface area (Å²) in [6, 6.07) is 10.7. The van der Waals surface area contributed by atoms with Crippen molar-refractivity contribution in [2.24, 2.45) is 7.05 Å². The molecule has 0 radical (unpaired) electrons. The first-order chi connectivity index (χ1) is 9.31. The molecular weight excluding hydrogens is 236 g/mol. The quantitative estimate of drug-likeness (QED) is 0.774. The Bertz CT molecular complexity index is 478. The molecule has 1 atom stereocenters. The Labute approximate surface area is 114 Å². The van der Waals surface area contributed by atoms with Gasteiger partial charge in [-0.25, -0.2) is 0 Å². The van der Waals surface area contributed by atoms with Gasteiger partial charge in [0.1, 0.15) is 0 Å². The predicted octanol–water partition coefficient (Wildman–Crippen LogP) is 2.14. The maximum absolute atomic E-state index is 4.01. The second-order valence-corrected chi connectivity index (χ2v) is 4.86. The minimum atomic E-state index is 0.463. The Kier molecular flexibility index (Phi) is 5.10. The normalized spacial score (nSPS) is 12.5. The lowest BCUT2D eigenvalue weighted by Crippen LogP contribution is -2.24. The Hall–Kier alpha value is -1.68. The van der Waals surface area contributed by atoms with Crippen molar-refractivity contribution in [3.63, 3.8) is 0 Å². The molecule has 0 aliphatic carbocycles. The molecule has 0 aliphatic rings. The summed E-state index contributed by atoms with van der Waals surface area (Å²) >= 11 is 0. The minimum Gasteiger partial charge on any atom is -0.316 e. The Balaban J connectivity index is 2.08. The number of aryl methyl sites for hydroxylation is 1. The molecule has 19 heavy (non-hydrogen) atoms. The van der Waals surface area contributed by atoms with Gasteiger partial charge in [-0.2, -0.15) is 0 Å². The average Bonchev–Trinajstić information content (AvgIpc) is 2.84. The number of nitrogens with zero attached hydrogens (tertiary/aromatic N) is 3. The highest BCUT2D eigenvalue weighted by Gasteiger charge is 2.14. The summed E-state index contributed by atoms with van der Waals surface area (Å²) in [6.45, 7) is 4.24. The van der Waals surface area contributed by atoms with Crippen LogP contribution in [0.15, 0.2) is 36.5 Å². The van der Waals surface area contributed by atoms with Gasteiger partial charge in [0.2, 0.25) is 0 Å². The van der Waals surface area contributed by atoms with E-state index in [2.05, 4.69) is 52.9 Å². The Morgan fingerprint density at radius 3 is 2.68 bits per heavy atom. The first kappa shape index (κ1) is 13.7. The summed E-state index contributed by atoms with van der Waals surface area (Å²) in [6.07, 6.45) is 3.98. The molecule has 4 heteroatoms. The summed E-state index contributed by atoms with van der Waals surface area (Å²) < 4.78 is 1.86. The van der Waals surface area contributed by atoms with Gasteiger partial charge in [-0.05, 0) is 24.9 Å². The fourth-order valence-corrected chi connectivity index (χ4v) is 2.23. The molecule has 4 nitrogen and oxygen atoms in total. The molecule has 0 fully saturated rings. The van der Waals surface area contributed by atoms with E-state index in [0.717, 1.165) is 25.9 Å². The summed E-state index contributed by atoms with van der Waals surface area (Å²) in [5, 5.41) is 11.5. The van der Waals surface area contributed by atoms with Crippen LogP contribution in [0.4, 0.5) is 0 Å². The third kappa shape index (κ3) is 3.89. The van der Waals surface area contributed by atoms with Crippen molar-refractivity contribution >= 4 is 0 Å². The first-order valence-corrected chi connectivity index (χ1v) is 6.90. The molecule has 1 heterocycles. The molecular formula is C15H22N4. The molecule has 0 saturated heterocycles. The van der Waals surface area contributed by atoms with E-state index in [-0.39, 0.29) is 0 Å². The average molecular weight is 258 g/mol. The van der Waals surface area contributed by atoms with Crippen molar-refractivity contribution in [1.82, 2.24) is 20.3 Å². The third-order valence-electron chi connectivity index (χ3n) is 3.35. The van der Waals surface area contributed by atoms with E-state index in [1.165, 1.54) is 11.3 Å². The summed E-state index contributed by atoms with van der Waals surface area (Å²) in [5.74, 6) is 0.463. The number of nitrogens with one attached hydrogen (secondary N) is 1. The van der Waals surface area contributed by atoms with Crippen molar-refractivity contribution < 1.29 is 0 Å². The van der Waals surface area contributed by atoms with Gasteiger partial charge in [-0.15, -0.1) is 5.10 Å². The molecule has 0 spiro atoms. The zero-order chi connectivity index (χ0) is 13.5. The number of benzene rings is 1. The molecule has 0 bridgehead atoms. The van der Waals surface area contributed by atoms with E-state index in [0.29, 0.717) is 5.92 Å². The maximum Gasteiger partial charge on any atom is 0.0725 e. The molecule has 2 rings (SSSR count). The van der Waals surface area contributed by atoms with E-state index in [1.807, 2.05) is 17.9 Å². The van der Waals surface area contributed by atoms with Crippen LogP contribution >= 0.6 is 0 Å². The highest BCUT2D eigenvalue weighted by Crippen LogP contribution is 2.19. The van der Waals surface area contributed by atoms with Crippen LogP contribution < -0.4 is 5.32 Å². The van der Waals surface area contributed by atoms with Crippen LogP contribution in [0.1, 0.15) is 30.5 Å². The zero-order valence-corrected chi connectivity index (χ0v) is 11.7. The summed E-state index contributed by atoms with van der Waals surface area (Å²) in [7, 11) is 1.95. The Morgan fingerprint density at radius 1 is 1.26 bits per heavy atom. The van der Waals surface area contributed by atoms with Crippen molar-refractivity contribution in [1.29, 1.82) is 0 Å². The first-order valence-electron chi connectivity index (χ1n) is 6.90. The number of hydrogen-bond donors (Lipinski definition) is 1. The molecule has 1 N–H and O–H groups in total. The summed E-state index contributed by atoms with van der Waals surface area (Å²) in [5.41, 5.74) is 2.54. The number of hydrogen-bond acceptors (Lipinski definition) is 3. The maximum atomic E-state index is 4.01. The van der Waals surface area contributed by atoms with Crippen molar-refractivity contribution in [3.8, 4) is 0 Å². The van der Waals surface area contributed by atoms with E-state index < -0.39 is 0 Å². The molecule has 0 saturated carbocycles. The molecule has 1 aromatic carbocycles. The van der Waals surface area contributed by atoms with Crippen LogP contribution in [0.3, 0.4) is 0 Å². The molecule has 1 aromatic heterocycles. The lowest BCUT2D eigenvalue weighted by atomic mass is 9.94. The SMILES string of the molecule is CCCNCC(Cc1cnnn1C)c1ccccc1. The van der Waals surface area contributed by atoms with Gasteiger partial charge in [0.15, 0.2) is 0 Å². The molecule has 102 valence electrons. The predicted molar refractivity (Wildman–Crippen MR) is 77.1 cm³/mol. The van der Waals surface area contributed by atoms with E-state index in [1.54, 1.807) is 0 Å². The second-order valence-electron chi connectivity index (χ2n) is 4.86. The number of rotatable bonds is 7. The topological polar surface area (TPSA) is 42.7 Å². The fourth-order valence-electron chi connectivity index (χ4n) is 2.23. The third-order valence-corrected chi connectivity index (χ3v) is 3.35. The van der Waals surface area contributed by atoms with E-state index >= 15 is 0 Å². The number of aromatic nitrogens is 3. The van der Waals surface area contributed by atoms with Gasteiger partial charge >= 0.3 is 0 Å². The van der Waals surface area contributed by atoms with Gasteiger partial charge in [0, 0.05) is 19.5 Å². The van der Waals surface area contributed by atoms with Gasteiger partial charge < -0.3 is 5.32 Å². The Morgan fingerprint density at radius 2 is 2.05 bits per heavy atom. The molecule has 1 unspecified atom stereocenters. The molecule has 0 aliphatic heterocycles. The lowest BCUT2D eigenvalue weighted by Gasteiger charge is -2.18. The monoisotopic (exact) mass is 258 g/mol. The lowest BCUT2D eigenvalue weighted by molar-refractivity contribution is 0.556. The molecule has 2 aromatic rings. The van der Waals surface area contributed by atoms with Crippen LogP contribution in [-0.4, -0.2) is 28.1 Å². The summed E-state index contributed by atoms with van der Waals surface area (Å²) in [4.78, 5) is 0. The van der Waals surface area contributed by atoms with Gasteiger partial charge in [-0.1, -0.05) is 42.5 Å². The van der Waals surface area contributed by atoms with Gasteiger partial charge in [-0.3, -0.25) is 4.68 Å². The van der Waals surface area contributed by atoms with Crippen LogP contribution in [0, 0.1) is 0 Å². The van der Waals surface area contributed by atoms with Crippen molar-refractivity contribution in [2.45, 2.75) is 25.7 Å². The van der Waals surface area contributed by atoms with Crippen LogP contribution in [0.2, 0.25) is 0 Å². The highest BCUT2D eigenvalue weighted by atomic mass is 15.4. The highest BCUT2D eigenvalue weighted by molar-refractivity contribution is 5.21. The standard InChI is InChI=1S/C15H22N4/c1-3-9-16-11-14(13-7-5-4-6-8-13)10-15-12-17-18-19(15)2/h4-8,12,14,16H,3,9-11H2,1-2H3. The van der Waals surface area contributed by atoms with Crippen LogP contribution in [0.5, 0.6) is 0 Å². The zero-order valence-electron chi connectivity index (χ0n) is 11.7. The fraction of sp³-hybridized carbons (Fsp3) is 0.467. The molecule has 0 amide bonds. The van der Waals surface area contributed by atoms with Crippen LogP contribution in [-0.2, 0) is 13.5 Å². The second kappa shape index (κ2) is 7.04. The van der Waals surface area contributed by atoms with Crippen LogP contribution in [0.25, 0.3) is 0 Å². The largest absolute Gasteiger partial charge is 0.316 e. The smallest absolute Gasteiger partial charge is 0.0725 e. The van der Waals surface area contributed by atoms with Gasteiger partial charge in [0.05, 0.1) is 11.9 Å². The van der Waals surface area contributed by atoms with E-state index in [4.69, 9.17) is 0 Å². The minimum absolute atomic E-state index is 0.463. The van der Waals surface area contributed by atoms with Crippen molar-refractivity contribution in [2.75, 3.05) is 13.1 Å².